The number of β-amino-alcohol motifs (C(OH)–C–C–N with tert-alkyl or cyclic N) is 1. The molecule has 3 unspecified atom stereocenters. The van der Waals surface area contributed by atoms with Crippen molar-refractivity contribution >= 4 is 11.8 Å². The number of rotatable bonds is 7. The minimum absolute atomic E-state index is 0.0647. The van der Waals surface area contributed by atoms with E-state index in [4.69, 9.17) is 0 Å². The first-order valence-electron chi connectivity index (χ1n) is 14.4. The summed E-state index contributed by atoms with van der Waals surface area (Å²) in [5.41, 5.74) is 5.92. The summed E-state index contributed by atoms with van der Waals surface area (Å²) in [6.07, 6.45) is 2.37. The van der Waals surface area contributed by atoms with Crippen molar-refractivity contribution in [3.05, 3.63) is 41.1 Å². The quantitative estimate of drug-likeness (QED) is 0.503. The van der Waals surface area contributed by atoms with Crippen molar-refractivity contribution in [1.82, 2.24) is 25.3 Å². The average Bonchev–Trinajstić information content (AvgIpc) is 3.59. The Hall–Kier alpha value is -2.71. The predicted molar refractivity (Wildman–Crippen MR) is 153 cm³/mol. The minimum Gasteiger partial charge on any atom is -0.391 e. The Bertz CT molecular complexity index is 1050. The molecule has 4 rings (SSSR count). The summed E-state index contributed by atoms with van der Waals surface area (Å²) < 4.78 is 2.01. The molecule has 2 aliphatic heterocycles. The van der Waals surface area contributed by atoms with Crippen molar-refractivity contribution in [2.45, 2.75) is 100 Å². The number of aliphatic hydroxyl groups is 1. The number of nitrogens with zero attached hydrogens (tertiary/aromatic N) is 3. The molecule has 8 nitrogen and oxygen atoms in total. The maximum Gasteiger partial charge on any atom is 0.243 e. The standard InChI is InChI=1S/C26H37N5O3.2C2H6/c1-5-31-23(9-11-29-31)21-7-6-18(22-14-27-10-8-20(21)22)13-28-25(33)24-12-19(32)15-30(24)26(34)17(4)16(2)3;2*1-2/h6-7,9,11,16-17,19,24,27,32H,5,8,10,12-15H2,1-4H3,(H,28,33);2*1-2H3. The second-order valence-corrected chi connectivity index (χ2v) is 9.83. The first kappa shape index (κ1) is 31.5. The Kier molecular flexibility index (Phi) is 12.5. The smallest absolute Gasteiger partial charge is 0.243 e. The van der Waals surface area contributed by atoms with Crippen molar-refractivity contribution in [3.8, 4) is 11.3 Å². The summed E-state index contributed by atoms with van der Waals surface area (Å²) >= 11 is 0. The highest BCUT2D eigenvalue weighted by Gasteiger charge is 2.40. The number of aryl methyl sites for hydroxylation is 1. The first-order chi connectivity index (χ1) is 18.3. The summed E-state index contributed by atoms with van der Waals surface area (Å²) in [6, 6.07) is 5.64. The van der Waals surface area contributed by atoms with Gasteiger partial charge in [-0.25, -0.2) is 0 Å². The predicted octanol–water partition coefficient (Wildman–Crippen LogP) is 4.14. The van der Waals surface area contributed by atoms with E-state index in [0.717, 1.165) is 37.3 Å². The van der Waals surface area contributed by atoms with Gasteiger partial charge in [-0.3, -0.25) is 14.3 Å². The Labute approximate surface area is 229 Å². The highest BCUT2D eigenvalue weighted by Crippen LogP contribution is 2.31. The van der Waals surface area contributed by atoms with E-state index in [1.165, 1.54) is 16.7 Å². The van der Waals surface area contributed by atoms with E-state index < -0.39 is 12.1 Å². The molecule has 0 saturated carbocycles. The third-order valence-electron chi connectivity index (χ3n) is 7.38. The molecule has 3 heterocycles. The zero-order chi connectivity index (χ0) is 28.4. The molecular formula is C30H49N5O3. The van der Waals surface area contributed by atoms with Crippen LogP contribution in [0, 0.1) is 11.8 Å². The van der Waals surface area contributed by atoms with E-state index in [2.05, 4.69) is 40.9 Å². The number of nitrogens with one attached hydrogen (secondary N) is 2. The lowest BCUT2D eigenvalue weighted by molar-refractivity contribution is -0.142. The summed E-state index contributed by atoms with van der Waals surface area (Å²) in [5.74, 6) is -0.282. The maximum absolute atomic E-state index is 13.1. The van der Waals surface area contributed by atoms with E-state index in [1.54, 1.807) is 4.90 Å². The van der Waals surface area contributed by atoms with E-state index in [0.29, 0.717) is 6.54 Å². The Morgan fingerprint density at radius 1 is 1.13 bits per heavy atom. The second-order valence-electron chi connectivity index (χ2n) is 9.83. The van der Waals surface area contributed by atoms with Crippen LogP contribution in [0.15, 0.2) is 24.4 Å². The third kappa shape index (κ3) is 7.03. The number of amides is 2. The molecule has 8 heteroatoms. The summed E-state index contributed by atoms with van der Waals surface area (Å²) in [4.78, 5) is 27.6. The van der Waals surface area contributed by atoms with Gasteiger partial charge in [-0.15, -0.1) is 0 Å². The Morgan fingerprint density at radius 2 is 1.84 bits per heavy atom. The van der Waals surface area contributed by atoms with Gasteiger partial charge in [0.2, 0.25) is 11.8 Å². The maximum atomic E-state index is 13.1. The van der Waals surface area contributed by atoms with Crippen LogP contribution in [0.5, 0.6) is 0 Å². The molecule has 3 atom stereocenters. The molecule has 2 aliphatic rings. The molecular weight excluding hydrogens is 478 g/mol. The monoisotopic (exact) mass is 527 g/mol. The van der Waals surface area contributed by atoms with Gasteiger partial charge in [0, 0.05) is 50.3 Å². The van der Waals surface area contributed by atoms with Gasteiger partial charge >= 0.3 is 0 Å². The van der Waals surface area contributed by atoms with Crippen LogP contribution in [0.25, 0.3) is 11.3 Å². The van der Waals surface area contributed by atoms with Gasteiger partial charge in [0.25, 0.3) is 0 Å². The highest BCUT2D eigenvalue weighted by atomic mass is 16.3. The van der Waals surface area contributed by atoms with Gasteiger partial charge in [-0.1, -0.05) is 60.6 Å². The highest BCUT2D eigenvalue weighted by molar-refractivity contribution is 5.89. The fourth-order valence-corrected chi connectivity index (χ4v) is 5.05. The number of hydrogen-bond donors (Lipinski definition) is 3. The van der Waals surface area contributed by atoms with Crippen LogP contribution >= 0.6 is 0 Å². The molecule has 38 heavy (non-hydrogen) atoms. The van der Waals surface area contributed by atoms with Gasteiger partial charge in [-0.2, -0.15) is 5.10 Å². The molecule has 2 aromatic rings. The number of fused-ring (bicyclic) bond motifs is 1. The van der Waals surface area contributed by atoms with Crippen molar-refractivity contribution < 1.29 is 14.7 Å². The van der Waals surface area contributed by atoms with Crippen molar-refractivity contribution in [1.29, 1.82) is 0 Å². The van der Waals surface area contributed by atoms with Crippen LogP contribution in [-0.2, 0) is 35.6 Å². The number of aromatic nitrogens is 2. The van der Waals surface area contributed by atoms with Crippen LogP contribution in [0.3, 0.4) is 0 Å². The molecule has 212 valence electrons. The van der Waals surface area contributed by atoms with Crippen molar-refractivity contribution in [3.63, 3.8) is 0 Å². The first-order valence-corrected chi connectivity index (χ1v) is 14.4. The fraction of sp³-hybridized carbons (Fsp3) is 0.633. The molecule has 1 aromatic heterocycles. The molecule has 1 fully saturated rings. The number of carbonyl (C=O) groups is 2. The van der Waals surface area contributed by atoms with Gasteiger partial charge in [0.05, 0.1) is 11.8 Å². The number of benzene rings is 1. The van der Waals surface area contributed by atoms with Crippen LogP contribution in [-0.4, -0.2) is 56.8 Å². The van der Waals surface area contributed by atoms with Crippen molar-refractivity contribution in [2.75, 3.05) is 13.1 Å². The Morgan fingerprint density at radius 3 is 2.50 bits per heavy atom. The normalized spacial score (nSPS) is 19.1. The third-order valence-corrected chi connectivity index (χ3v) is 7.38. The number of hydrogen-bond acceptors (Lipinski definition) is 5. The van der Waals surface area contributed by atoms with Crippen molar-refractivity contribution in [2.24, 2.45) is 11.8 Å². The molecule has 1 saturated heterocycles. The number of carbonyl (C=O) groups excluding carboxylic acids is 2. The van der Waals surface area contributed by atoms with E-state index in [-0.39, 0.29) is 36.6 Å². The number of likely N-dealkylation sites (tertiary alicyclic amines) is 1. The van der Waals surface area contributed by atoms with Crippen LogP contribution in [0.2, 0.25) is 0 Å². The molecule has 3 N–H and O–H groups in total. The lowest BCUT2D eigenvalue weighted by atomic mass is 9.90. The lowest BCUT2D eigenvalue weighted by Crippen LogP contribution is -2.48. The average molecular weight is 528 g/mol. The Balaban J connectivity index is 0.00000121. The van der Waals surface area contributed by atoms with Gasteiger partial charge in [-0.05, 0) is 48.6 Å². The molecule has 1 aromatic carbocycles. The van der Waals surface area contributed by atoms with Crippen LogP contribution in [0.1, 0.15) is 78.5 Å². The fourth-order valence-electron chi connectivity index (χ4n) is 5.05. The molecule has 0 spiro atoms. The summed E-state index contributed by atoms with van der Waals surface area (Å²) in [5, 5.41) is 21.1. The zero-order valence-corrected chi connectivity index (χ0v) is 24.7. The topological polar surface area (TPSA) is 99.5 Å². The van der Waals surface area contributed by atoms with Gasteiger partial charge in [0.1, 0.15) is 6.04 Å². The van der Waals surface area contributed by atoms with Gasteiger partial charge in [0.15, 0.2) is 0 Å². The molecule has 0 aliphatic carbocycles. The molecule has 0 bridgehead atoms. The van der Waals surface area contributed by atoms with E-state index in [9.17, 15) is 14.7 Å². The van der Waals surface area contributed by atoms with E-state index >= 15 is 0 Å². The van der Waals surface area contributed by atoms with E-state index in [1.807, 2.05) is 59.3 Å². The molecule has 2 amide bonds. The van der Waals surface area contributed by atoms with Crippen LogP contribution < -0.4 is 10.6 Å². The number of aliphatic hydroxyl groups excluding tert-OH is 1. The molecule has 0 radical (unpaired) electrons. The SMILES string of the molecule is CC.CC.CCn1nccc1-c1ccc(CNC(=O)C2CC(O)CN2C(=O)C(C)C(C)C)c2c1CCNC2. The largest absolute Gasteiger partial charge is 0.391 e. The van der Waals surface area contributed by atoms with Crippen LogP contribution in [0.4, 0.5) is 0 Å². The second kappa shape index (κ2) is 15.0. The zero-order valence-electron chi connectivity index (χ0n) is 24.7. The van der Waals surface area contributed by atoms with Gasteiger partial charge < -0.3 is 20.6 Å². The summed E-state index contributed by atoms with van der Waals surface area (Å²) in [7, 11) is 0. The lowest BCUT2D eigenvalue weighted by Gasteiger charge is -2.28. The minimum atomic E-state index is -0.668. The summed E-state index contributed by atoms with van der Waals surface area (Å²) in [6.45, 7) is 19.1.